The molecule has 0 aromatic heterocycles. The van der Waals surface area contributed by atoms with E-state index in [1.165, 1.54) is 21.3 Å². The van der Waals surface area contributed by atoms with Crippen molar-refractivity contribution >= 4 is 50.9 Å². The van der Waals surface area contributed by atoms with Gasteiger partial charge in [-0.1, -0.05) is 57.3 Å². The maximum Gasteiger partial charge on any atom is 0.266 e. The van der Waals surface area contributed by atoms with Crippen LogP contribution in [0.1, 0.15) is 34.8 Å². The average Bonchev–Trinajstić information content (AvgIpc) is 3.49. The predicted octanol–water partition coefficient (Wildman–Crippen LogP) is 6.86. The number of hydrogen-bond donors (Lipinski definition) is 3. The molecule has 2 atom stereocenters. The molecule has 1 heterocycles. The molecule has 3 N–H and O–H groups in total. The van der Waals surface area contributed by atoms with Gasteiger partial charge in [-0.05, 0) is 71.8 Å². The largest absolute Gasteiger partial charge is 0.494 e. The highest BCUT2D eigenvalue weighted by atomic mass is 79.9. The van der Waals surface area contributed by atoms with Gasteiger partial charge in [0.05, 0.1) is 27.9 Å². The Kier molecular flexibility index (Phi) is 12.3. The molecule has 13 heteroatoms. The number of carbonyl (C=O) groups is 1. The highest BCUT2D eigenvalue weighted by Gasteiger charge is 2.54. The number of methoxy groups -OCH3 is 3. The lowest BCUT2D eigenvalue weighted by Crippen LogP contribution is -2.53. The van der Waals surface area contributed by atoms with E-state index in [1.54, 1.807) is 42.5 Å². The molecule has 0 radical (unpaired) electrons. The van der Waals surface area contributed by atoms with Gasteiger partial charge in [-0.25, -0.2) is 10.4 Å². The second kappa shape index (κ2) is 16.6. The number of aliphatic imine (C=N–C) groups is 1. The fourth-order valence-electron chi connectivity index (χ4n) is 5.46. The van der Waals surface area contributed by atoms with Crippen molar-refractivity contribution in [3.8, 4) is 23.0 Å². The van der Waals surface area contributed by atoms with Gasteiger partial charge in [0, 0.05) is 51.6 Å². The molecule has 1 amide bonds. The fourth-order valence-corrected chi connectivity index (χ4v) is 6.23. The van der Waals surface area contributed by atoms with E-state index in [4.69, 9.17) is 57.0 Å². The van der Waals surface area contributed by atoms with Crippen LogP contribution < -0.4 is 29.8 Å². The third kappa shape index (κ3) is 8.42. The first-order chi connectivity index (χ1) is 23.7. The molecule has 49 heavy (non-hydrogen) atoms. The number of hydrazine groups is 1. The van der Waals surface area contributed by atoms with Crippen molar-refractivity contribution in [1.29, 1.82) is 0 Å². The van der Waals surface area contributed by atoms with Gasteiger partial charge in [0.2, 0.25) is 11.6 Å². The molecule has 4 aromatic carbocycles. The molecular formula is C36H36BrCl2N3O7. The smallest absolute Gasteiger partial charge is 0.266 e. The third-order valence-corrected chi connectivity index (χ3v) is 8.97. The standard InChI is InChI=1S/C36H36BrCl2N3O7/c1-45-30-17-23(18-31(46-2)32(30)47-3)21-40-42-35(44)36(20-22-5-9-25(37)10-6-22)33(28-14-11-26(38)19-29(28)39)49-34(41-36)24-7-12-27(13-8-24)48-16-4-15-43/h5-14,17-19,33,40,43H,4,15-16,20-21H2,1-3H3,(H,42,44)/t33-,36-/m0/s1. The van der Waals surface area contributed by atoms with Crippen molar-refractivity contribution in [3.63, 3.8) is 0 Å². The van der Waals surface area contributed by atoms with Crippen LogP contribution in [0.25, 0.3) is 0 Å². The summed E-state index contributed by atoms with van der Waals surface area (Å²) in [4.78, 5) is 19.6. The van der Waals surface area contributed by atoms with Gasteiger partial charge in [-0.3, -0.25) is 10.2 Å². The monoisotopic (exact) mass is 771 g/mol. The Morgan fingerprint density at radius 3 is 2.24 bits per heavy atom. The van der Waals surface area contributed by atoms with E-state index in [0.717, 1.165) is 15.6 Å². The summed E-state index contributed by atoms with van der Waals surface area (Å²) in [6.07, 6.45) is -0.241. The molecule has 258 valence electrons. The van der Waals surface area contributed by atoms with E-state index in [-0.39, 0.29) is 25.5 Å². The van der Waals surface area contributed by atoms with Crippen molar-refractivity contribution in [2.24, 2.45) is 4.99 Å². The molecule has 5 rings (SSSR count). The van der Waals surface area contributed by atoms with E-state index >= 15 is 0 Å². The molecule has 0 saturated carbocycles. The van der Waals surface area contributed by atoms with Gasteiger partial charge in [-0.15, -0.1) is 0 Å². The zero-order valence-corrected chi connectivity index (χ0v) is 30.2. The van der Waals surface area contributed by atoms with Gasteiger partial charge in [0.1, 0.15) is 5.75 Å². The van der Waals surface area contributed by atoms with Crippen LogP contribution in [0.4, 0.5) is 0 Å². The maximum absolute atomic E-state index is 14.6. The lowest BCUT2D eigenvalue weighted by Gasteiger charge is -2.31. The molecule has 4 aromatic rings. The Morgan fingerprint density at radius 1 is 0.939 bits per heavy atom. The lowest BCUT2D eigenvalue weighted by molar-refractivity contribution is -0.130. The van der Waals surface area contributed by atoms with Crippen LogP contribution >= 0.6 is 39.1 Å². The maximum atomic E-state index is 14.6. The second-order valence-corrected chi connectivity index (χ2v) is 12.9. The Balaban J connectivity index is 1.52. The normalized spacial score (nSPS) is 16.8. The minimum absolute atomic E-state index is 0.0389. The second-order valence-electron chi connectivity index (χ2n) is 11.1. The van der Waals surface area contributed by atoms with Crippen LogP contribution in [0, 0.1) is 0 Å². The number of amides is 1. The van der Waals surface area contributed by atoms with Gasteiger partial charge in [0.15, 0.2) is 23.1 Å². The summed E-state index contributed by atoms with van der Waals surface area (Å²) in [5.74, 6) is 1.87. The van der Waals surface area contributed by atoms with Gasteiger partial charge in [-0.2, -0.15) is 0 Å². The minimum atomic E-state index is -1.51. The number of benzene rings is 4. The van der Waals surface area contributed by atoms with Crippen molar-refractivity contribution in [2.45, 2.75) is 31.0 Å². The van der Waals surface area contributed by atoms with Crippen molar-refractivity contribution in [2.75, 3.05) is 34.5 Å². The summed E-state index contributed by atoms with van der Waals surface area (Å²) in [7, 11) is 4.61. The SMILES string of the molecule is COc1cc(CNNC(=O)[C@@]2(Cc3ccc(Br)cc3)N=C(c3ccc(OCCCO)cc3)O[C@H]2c2ccc(Cl)cc2Cl)cc(OC)c1OC. The van der Waals surface area contributed by atoms with Gasteiger partial charge in [0.25, 0.3) is 5.91 Å². The van der Waals surface area contributed by atoms with Crippen molar-refractivity contribution < 1.29 is 33.6 Å². The summed E-state index contributed by atoms with van der Waals surface area (Å²) in [5, 5.41) is 9.87. The highest BCUT2D eigenvalue weighted by Crippen LogP contribution is 2.45. The lowest BCUT2D eigenvalue weighted by atomic mass is 9.82. The first kappa shape index (κ1) is 36.3. The minimum Gasteiger partial charge on any atom is -0.494 e. The van der Waals surface area contributed by atoms with Crippen LogP contribution in [0.15, 0.2) is 88.3 Å². The number of ether oxygens (including phenoxy) is 5. The van der Waals surface area contributed by atoms with Crippen LogP contribution in [-0.2, 0) is 22.5 Å². The van der Waals surface area contributed by atoms with E-state index in [1.807, 2.05) is 36.4 Å². The first-order valence-electron chi connectivity index (χ1n) is 15.3. The summed E-state index contributed by atoms with van der Waals surface area (Å²) in [6.45, 7) is 0.638. The van der Waals surface area contributed by atoms with E-state index in [2.05, 4.69) is 26.8 Å². The summed E-state index contributed by atoms with van der Waals surface area (Å²) >= 11 is 16.5. The summed E-state index contributed by atoms with van der Waals surface area (Å²) < 4.78 is 29.6. The Bertz CT molecular complexity index is 1770. The average molecular weight is 774 g/mol. The topological polar surface area (TPSA) is 120 Å². The number of hydrogen-bond acceptors (Lipinski definition) is 9. The number of halogens is 3. The summed E-state index contributed by atoms with van der Waals surface area (Å²) in [5.41, 5.74) is 7.21. The Hall–Kier alpha value is -4.00. The fraction of sp³-hybridized carbons (Fsp3) is 0.278. The molecule has 0 aliphatic carbocycles. The van der Waals surface area contributed by atoms with Crippen LogP contribution in [0.3, 0.4) is 0 Å². The molecule has 0 unspecified atom stereocenters. The Morgan fingerprint density at radius 2 is 1.63 bits per heavy atom. The van der Waals surface area contributed by atoms with Crippen LogP contribution in [-0.4, -0.2) is 57.0 Å². The summed E-state index contributed by atoms with van der Waals surface area (Å²) in [6, 6.07) is 23.5. The van der Waals surface area contributed by atoms with Crippen LogP contribution in [0.2, 0.25) is 10.0 Å². The van der Waals surface area contributed by atoms with Gasteiger partial charge >= 0.3 is 0 Å². The molecule has 0 spiro atoms. The Labute approximate surface area is 303 Å². The number of aliphatic hydroxyl groups is 1. The van der Waals surface area contributed by atoms with Gasteiger partial charge < -0.3 is 28.8 Å². The van der Waals surface area contributed by atoms with E-state index in [0.29, 0.717) is 57.2 Å². The molecule has 1 aliphatic rings. The first-order valence-corrected chi connectivity index (χ1v) is 16.9. The number of nitrogens with one attached hydrogen (secondary N) is 2. The van der Waals surface area contributed by atoms with Crippen LogP contribution in [0.5, 0.6) is 23.0 Å². The van der Waals surface area contributed by atoms with Crippen molar-refractivity contribution in [1.82, 2.24) is 10.9 Å². The quantitative estimate of drug-likeness (QED) is 0.0886. The predicted molar refractivity (Wildman–Crippen MR) is 192 cm³/mol. The molecular weight excluding hydrogens is 737 g/mol. The molecule has 0 saturated heterocycles. The number of aliphatic hydroxyl groups excluding tert-OH is 1. The number of rotatable bonds is 15. The highest BCUT2D eigenvalue weighted by molar-refractivity contribution is 9.10. The number of nitrogens with zero attached hydrogens (tertiary/aromatic N) is 1. The van der Waals surface area contributed by atoms with E-state index < -0.39 is 17.6 Å². The van der Waals surface area contributed by atoms with E-state index in [9.17, 15) is 4.79 Å². The third-order valence-electron chi connectivity index (χ3n) is 7.88. The molecule has 0 bridgehead atoms. The molecule has 1 aliphatic heterocycles. The zero-order chi connectivity index (χ0) is 35.0. The zero-order valence-electron chi connectivity index (χ0n) is 27.1. The molecule has 0 fully saturated rings. The number of carbonyl (C=O) groups excluding carboxylic acids is 1. The van der Waals surface area contributed by atoms with Crippen molar-refractivity contribution in [3.05, 3.63) is 116 Å². The molecule has 10 nitrogen and oxygen atoms in total.